The highest BCUT2D eigenvalue weighted by Crippen LogP contribution is 2.33. The second-order valence-electron chi connectivity index (χ2n) is 7.47. The highest BCUT2D eigenvalue weighted by Gasteiger charge is 2.24. The number of amides is 1. The minimum Gasteiger partial charge on any atom is -0.443 e. The molecule has 2 aromatic heterocycles. The number of nitro groups is 1. The average Bonchev–Trinajstić information content (AvgIpc) is 3.18. The minimum absolute atomic E-state index is 0.101. The highest BCUT2D eigenvalue weighted by atomic mass is 32.1. The Hall–Kier alpha value is -3.53. The van der Waals surface area contributed by atoms with E-state index in [2.05, 4.69) is 9.97 Å². The molecule has 3 rings (SSSR count). The summed E-state index contributed by atoms with van der Waals surface area (Å²) in [5.74, 6) is 0.799. The Labute approximate surface area is 183 Å². The summed E-state index contributed by atoms with van der Waals surface area (Å²) in [6, 6.07) is 10.0. The van der Waals surface area contributed by atoms with E-state index in [9.17, 15) is 14.9 Å². The standard InChI is InChI=1S/C21H22N4O5S/c1-5-24(20(26)30-21(2,3)4)19-23-13-17(31-19)14-6-9-16(10-7-14)29-18-11-8-15(12-22-18)25(27)28/h6-13H,5H2,1-4H3. The van der Waals surface area contributed by atoms with Crippen molar-refractivity contribution in [2.24, 2.45) is 0 Å². The summed E-state index contributed by atoms with van der Waals surface area (Å²) < 4.78 is 11.1. The fraction of sp³-hybridized carbons (Fsp3) is 0.286. The Balaban J connectivity index is 1.71. The van der Waals surface area contributed by atoms with Crippen molar-refractivity contribution in [3.8, 4) is 22.1 Å². The van der Waals surface area contributed by atoms with Gasteiger partial charge in [-0.25, -0.2) is 14.8 Å². The fourth-order valence-corrected chi connectivity index (χ4v) is 3.51. The molecule has 0 radical (unpaired) electrons. The van der Waals surface area contributed by atoms with Crippen molar-refractivity contribution in [3.63, 3.8) is 0 Å². The van der Waals surface area contributed by atoms with Crippen LogP contribution in [0.25, 0.3) is 10.4 Å². The van der Waals surface area contributed by atoms with E-state index in [0.717, 1.165) is 16.6 Å². The van der Waals surface area contributed by atoms with Crippen molar-refractivity contribution in [1.82, 2.24) is 9.97 Å². The summed E-state index contributed by atoms with van der Waals surface area (Å²) >= 11 is 1.38. The molecule has 0 aliphatic carbocycles. The molecule has 1 amide bonds. The van der Waals surface area contributed by atoms with Gasteiger partial charge in [0.05, 0.1) is 9.80 Å². The van der Waals surface area contributed by atoms with Gasteiger partial charge in [0.25, 0.3) is 5.69 Å². The molecule has 31 heavy (non-hydrogen) atoms. The lowest BCUT2D eigenvalue weighted by Gasteiger charge is -2.24. The van der Waals surface area contributed by atoms with Crippen molar-refractivity contribution in [2.45, 2.75) is 33.3 Å². The number of anilines is 1. The molecule has 0 aliphatic heterocycles. The van der Waals surface area contributed by atoms with Crippen LogP contribution in [0.3, 0.4) is 0 Å². The van der Waals surface area contributed by atoms with Gasteiger partial charge < -0.3 is 9.47 Å². The molecule has 0 spiro atoms. The fourth-order valence-electron chi connectivity index (χ4n) is 2.53. The van der Waals surface area contributed by atoms with Crippen LogP contribution in [0, 0.1) is 10.1 Å². The number of rotatable bonds is 6. The lowest BCUT2D eigenvalue weighted by molar-refractivity contribution is -0.385. The number of nitrogens with zero attached hydrogens (tertiary/aromatic N) is 4. The molecule has 10 heteroatoms. The van der Waals surface area contributed by atoms with Gasteiger partial charge in [0, 0.05) is 24.9 Å². The third-order valence-corrected chi connectivity index (χ3v) is 5.02. The number of ether oxygens (including phenoxy) is 2. The van der Waals surface area contributed by atoms with E-state index in [0.29, 0.717) is 17.4 Å². The quantitative estimate of drug-likeness (QED) is 0.357. The van der Waals surface area contributed by atoms with Crippen molar-refractivity contribution in [2.75, 3.05) is 11.4 Å². The first-order chi connectivity index (χ1) is 14.7. The number of hydrogen-bond donors (Lipinski definition) is 0. The lowest BCUT2D eigenvalue weighted by atomic mass is 10.2. The molecule has 0 saturated carbocycles. The molecular weight excluding hydrogens is 420 g/mol. The Morgan fingerprint density at radius 3 is 2.39 bits per heavy atom. The molecule has 0 unspecified atom stereocenters. The van der Waals surface area contributed by atoms with Gasteiger partial charge in [0.15, 0.2) is 5.13 Å². The van der Waals surface area contributed by atoms with Crippen LogP contribution < -0.4 is 9.64 Å². The first kappa shape index (κ1) is 22.2. The monoisotopic (exact) mass is 442 g/mol. The number of carbonyl (C=O) groups excluding carboxylic acids is 1. The van der Waals surface area contributed by atoms with E-state index in [1.165, 1.54) is 28.4 Å². The number of benzene rings is 1. The second kappa shape index (κ2) is 9.09. The maximum absolute atomic E-state index is 12.4. The molecule has 162 valence electrons. The third kappa shape index (κ3) is 5.76. The zero-order chi connectivity index (χ0) is 22.6. The van der Waals surface area contributed by atoms with Gasteiger partial charge >= 0.3 is 6.09 Å². The molecule has 0 fully saturated rings. The number of carbonyl (C=O) groups is 1. The maximum atomic E-state index is 12.4. The topological polar surface area (TPSA) is 108 Å². The number of thiazole rings is 1. The van der Waals surface area contributed by atoms with E-state index >= 15 is 0 Å². The van der Waals surface area contributed by atoms with Gasteiger partial charge in [-0.1, -0.05) is 11.3 Å². The van der Waals surface area contributed by atoms with Gasteiger partial charge in [-0.05, 0) is 57.5 Å². The van der Waals surface area contributed by atoms with E-state index in [4.69, 9.17) is 9.47 Å². The van der Waals surface area contributed by atoms with Crippen molar-refractivity contribution in [1.29, 1.82) is 0 Å². The predicted molar refractivity (Wildman–Crippen MR) is 118 cm³/mol. The zero-order valence-corrected chi connectivity index (χ0v) is 18.4. The van der Waals surface area contributed by atoms with Crippen LogP contribution in [-0.4, -0.2) is 33.1 Å². The molecule has 0 N–H and O–H groups in total. The summed E-state index contributed by atoms with van der Waals surface area (Å²) in [7, 11) is 0. The van der Waals surface area contributed by atoms with E-state index in [1.54, 1.807) is 18.3 Å². The molecule has 2 heterocycles. The largest absolute Gasteiger partial charge is 0.443 e. The minimum atomic E-state index is -0.584. The summed E-state index contributed by atoms with van der Waals surface area (Å²) in [5.41, 5.74) is 0.225. The van der Waals surface area contributed by atoms with E-state index in [1.807, 2.05) is 39.8 Å². The SMILES string of the molecule is CCN(C(=O)OC(C)(C)C)c1ncc(-c2ccc(Oc3ccc([N+](=O)[O-])cn3)cc2)s1. The molecule has 0 atom stereocenters. The molecule has 9 nitrogen and oxygen atoms in total. The van der Waals surface area contributed by atoms with Crippen LogP contribution in [0.4, 0.5) is 15.6 Å². The summed E-state index contributed by atoms with van der Waals surface area (Å²) in [5, 5.41) is 11.3. The third-order valence-electron chi connectivity index (χ3n) is 3.95. The normalized spacial score (nSPS) is 11.1. The first-order valence-corrected chi connectivity index (χ1v) is 10.3. The second-order valence-corrected chi connectivity index (χ2v) is 8.48. The van der Waals surface area contributed by atoms with Gasteiger partial charge in [-0.15, -0.1) is 0 Å². The van der Waals surface area contributed by atoms with Crippen LogP contribution in [0.15, 0.2) is 48.8 Å². The molecule has 0 aliphatic rings. The number of pyridine rings is 1. The average molecular weight is 442 g/mol. The Morgan fingerprint density at radius 1 is 1.13 bits per heavy atom. The van der Waals surface area contributed by atoms with Gasteiger partial charge in [0.2, 0.25) is 5.88 Å². The summed E-state index contributed by atoms with van der Waals surface area (Å²) in [6.07, 6.45) is 2.42. The summed E-state index contributed by atoms with van der Waals surface area (Å²) in [6.45, 7) is 7.77. The van der Waals surface area contributed by atoms with Crippen LogP contribution in [-0.2, 0) is 4.74 Å². The molecule has 0 bridgehead atoms. The van der Waals surface area contributed by atoms with Crippen LogP contribution in [0.1, 0.15) is 27.7 Å². The van der Waals surface area contributed by atoms with E-state index < -0.39 is 16.6 Å². The Kier molecular flexibility index (Phi) is 6.50. The van der Waals surface area contributed by atoms with Crippen LogP contribution in [0.2, 0.25) is 0 Å². The number of hydrogen-bond acceptors (Lipinski definition) is 8. The van der Waals surface area contributed by atoms with Crippen molar-refractivity contribution < 1.29 is 19.2 Å². The lowest BCUT2D eigenvalue weighted by Crippen LogP contribution is -2.36. The van der Waals surface area contributed by atoms with Gasteiger partial charge in [-0.3, -0.25) is 15.0 Å². The van der Waals surface area contributed by atoms with Crippen LogP contribution >= 0.6 is 11.3 Å². The molecular formula is C21H22N4O5S. The van der Waals surface area contributed by atoms with Gasteiger partial charge in [0.1, 0.15) is 17.5 Å². The first-order valence-electron chi connectivity index (χ1n) is 9.51. The Morgan fingerprint density at radius 2 is 1.84 bits per heavy atom. The van der Waals surface area contributed by atoms with Crippen LogP contribution in [0.5, 0.6) is 11.6 Å². The predicted octanol–water partition coefficient (Wildman–Crippen LogP) is 5.67. The Bertz CT molecular complexity index is 1060. The molecule has 1 aromatic carbocycles. The smallest absolute Gasteiger partial charge is 0.416 e. The van der Waals surface area contributed by atoms with Crippen molar-refractivity contribution in [3.05, 3.63) is 58.9 Å². The molecule has 3 aromatic rings. The van der Waals surface area contributed by atoms with Crippen molar-refractivity contribution >= 4 is 28.2 Å². The zero-order valence-electron chi connectivity index (χ0n) is 17.6. The maximum Gasteiger partial charge on any atom is 0.416 e. The molecule has 0 saturated heterocycles. The van der Waals surface area contributed by atoms with E-state index in [-0.39, 0.29) is 11.6 Å². The highest BCUT2D eigenvalue weighted by molar-refractivity contribution is 7.19. The number of aromatic nitrogens is 2. The van der Waals surface area contributed by atoms with Gasteiger partial charge in [-0.2, -0.15) is 0 Å². The summed E-state index contributed by atoms with van der Waals surface area (Å²) in [4.78, 5) is 33.3.